The first-order valence-electron chi connectivity index (χ1n) is 5.90. The number of hydrogen-bond acceptors (Lipinski definition) is 3. The molecule has 92 valence electrons. The van der Waals surface area contributed by atoms with Gasteiger partial charge in [-0.2, -0.15) is 0 Å². The normalized spacial score (nSPS) is 12.7. The van der Waals surface area contributed by atoms with E-state index in [1.165, 1.54) is 6.92 Å². The molecule has 1 atom stereocenters. The number of esters is 1. The molecule has 1 unspecified atom stereocenters. The van der Waals surface area contributed by atoms with Gasteiger partial charge < -0.3 is 4.74 Å². The maximum absolute atomic E-state index is 11.4. The predicted molar refractivity (Wildman–Crippen MR) is 64.1 cm³/mol. The summed E-state index contributed by atoms with van der Waals surface area (Å²) in [5.41, 5.74) is 0. The highest BCUT2D eigenvalue weighted by atomic mass is 16.5. The summed E-state index contributed by atoms with van der Waals surface area (Å²) in [5.74, 6) is -0.00979. The number of carbonyl (C=O) groups is 2. The van der Waals surface area contributed by atoms with Gasteiger partial charge in [-0.3, -0.25) is 9.59 Å². The van der Waals surface area contributed by atoms with Crippen LogP contribution in [0.2, 0.25) is 0 Å². The van der Waals surface area contributed by atoms with E-state index in [2.05, 4.69) is 0 Å². The first-order valence-corrected chi connectivity index (χ1v) is 5.90. The smallest absolute Gasteiger partial charge is 0.302 e. The molecule has 0 saturated carbocycles. The minimum absolute atomic E-state index is 0.0866. The van der Waals surface area contributed by atoms with Crippen molar-refractivity contribution >= 4 is 11.8 Å². The third-order valence-electron chi connectivity index (χ3n) is 2.18. The number of hydrogen-bond donors (Lipinski definition) is 0. The van der Waals surface area contributed by atoms with Crippen molar-refractivity contribution < 1.29 is 14.3 Å². The van der Waals surface area contributed by atoms with Crippen molar-refractivity contribution in [2.45, 2.75) is 59.0 Å². The molecule has 0 radical (unpaired) electrons. The van der Waals surface area contributed by atoms with E-state index in [1.807, 2.05) is 26.0 Å². The van der Waals surface area contributed by atoms with Gasteiger partial charge in [0.15, 0.2) is 0 Å². The second-order valence-electron chi connectivity index (χ2n) is 3.93. The Morgan fingerprint density at radius 1 is 1.31 bits per heavy atom. The van der Waals surface area contributed by atoms with E-state index in [1.54, 1.807) is 0 Å². The van der Waals surface area contributed by atoms with E-state index in [0.717, 1.165) is 19.3 Å². The van der Waals surface area contributed by atoms with Crippen LogP contribution in [0.4, 0.5) is 0 Å². The average molecular weight is 226 g/mol. The molecule has 0 aromatic carbocycles. The summed E-state index contributed by atoms with van der Waals surface area (Å²) in [6.45, 7) is 5.29. The molecule has 0 heterocycles. The standard InChI is InChI=1S/C13H22O3/c1-4-5-6-9-13(15)10-7-8-11(2)16-12(3)14/h5-6,11H,4,7-10H2,1-3H3. The zero-order chi connectivity index (χ0) is 12.4. The van der Waals surface area contributed by atoms with Crippen LogP contribution in [0.1, 0.15) is 52.9 Å². The minimum atomic E-state index is -0.260. The van der Waals surface area contributed by atoms with E-state index < -0.39 is 0 Å². The van der Waals surface area contributed by atoms with Crippen LogP contribution in [-0.2, 0) is 14.3 Å². The van der Waals surface area contributed by atoms with Gasteiger partial charge in [0, 0.05) is 19.8 Å². The largest absolute Gasteiger partial charge is 0.463 e. The van der Waals surface area contributed by atoms with Crippen molar-refractivity contribution in [1.82, 2.24) is 0 Å². The Hall–Kier alpha value is -1.12. The Labute approximate surface area is 97.9 Å². The molecule has 0 aromatic heterocycles. The molecule has 3 heteroatoms. The fourth-order valence-electron chi connectivity index (χ4n) is 1.41. The number of rotatable bonds is 8. The third-order valence-corrected chi connectivity index (χ3v) is 2.18. The summed E-state index contributed by atoms with van der Waals surface area (Å²) in [7, 11) is 0. The molecule has 0 N–H and O–H groups in total. The topological polar surface area (TPSA) is 43.4 Å². The van der Waals surface area contributed by atoms with Gasteiger partial charge >= 0.3 is 5.97 Å². The lowest BCUT2D eigenvalue weighted by Crippen LogP contribution is -2.12. The van der Waals surface area contributed by atoms with E-state index in [0.29, 0.717) is 12.8 Å². The Balaban J connectivity index is 3.53. The lowest BCUT2D eigenvalue weighted by Gasteiger charge is -2.10. The van der Waals surface area contributed by atoms with Gasteiger partial charge in [0.05, 0.1) is 6.10 Å². The Morgan fingerprint density at radius 2 is 2.00 bits per heavy atom. The molecule has 0 aliphatic rings. The lowest BCUT2D eigenvalue weighted by molar-refractivity contribution is -0.145. The second-order valence-corrected chi connectivity index (χ2v) is 3.93. The monoisotopic (exact) mass is 226 g/mol. The van der Waals surface area contributed by atoms with Crippen LogP contribution in [-0.4, -0.2) is 17.9 Å². The van der Waals surface area contributed by atoms with E-state index in [9.17, 15) is 9.59 Å². The lowest BCUT2D eigenvalue weighted by atomic mass is 10.1. The zero-order valence-corrected chi connectivity index (χ0v) is 10.5. The molecule has 0 amide bonds. The van der Waals surface area contributed by atoms with Gasteiger partial charge in [0.2, 0.25) is 0 Å². The van der Waals surface area contributed by atoms with Crippen LogP contribution in [0.25, 0.3) is 0 Å². The first-order chi connectivity index (χ1) is 7.56. The summed E-state index contributed by atoms with van der Waals surface area (Å²) >= 11 is 0. The number of ether oxygens (including phenoxy) is 1. The maximum Gasteiger partial charge on any atom is 0.302 e. The van der Waals surface area contributed by atoms with Crippen molar-refractivity contribution in [1.29, 1.82) is 0 Å². The molecular weight excluding hydrogens is 204 g/mol. The molecule has 0 bridgehead atoms. The van der Waals surface area contributed by atoms with E-state index in [4.69, 9.17) is 4.74 Å². The van der Waals surface area contributed by atoms with Gasteiger partial charge in [-0.15, -0.1) is 0 Å². The second kappa shape index (κ2) is 9.13. The fraction of sp³-hybridized carbons (Fsp3) is 0.692. The van der Waals surface area contributed by atoms with E-state index >= 15 is 0 Å². The summed E-state index contributed by atoms with van der Waals surface area (Å²) < 4.78 is 4.97. The van der Waals surface area contributed by atoms with Crippen LogP contribution >= 0.6 is 0 Å². The van der Waals surface area contributed by atoms with Crippen molar-refractivity contribution in [2.75, 3.05) is 0 Å². The Morgan fingerprint density at radius 3 is 2.56 bits per heavy atom. The molecule has 0 saturated heterocycles. The SMILES string of the molecule is CCC=CCC(=O)CCCC(C)OC(C)=O. The fourth-order valence-corrected chi connectivity index (χ4v) is 1.41. The molecule has 0 spiro atoms. The molecule has 3 nitrogen and oxygen atoms in total. The van der Waals surface area contributed by atoms with Crippen molar-refractivity contribution in [3.05, 3.63) is 12.2 Å². The highest BCUT2D eigenvalue weighted by Gasteiger charge is 2.06. The van der Waals surface area contributed by atoms with E-state index in [-0.39, 0.29) is 17.9 Å². The van der Waals surface area contributed by atoms with Crippen LogP contribution in [0, 0.1) is 0 Å². The highest BCUT2D eigenvalue weighted by Crippen LogP contribution is 2.06. The molecule has 0 aliphatic heterocycles. The summed E-state index contributed by atoms with van der Waals surface area (Å²) in [4.78, 5) is 22.0. The van der Waals surface area contributed by atoms with Gasteiger partial charge in [-0.1, -0.05) is 19.1 Å². The van der Waals surface area contributed by atoms with Crippen LogP contribution < -0.4 is 0 Å². The van der Waals surface area contributed by atoms with Crippen LogP contribution in [0.15, 0.2) is 12.2 Å². The van der Waals surface area contributed by atoms with Gasteiger partial charge in [0.25, 0.3) is 0 Å². The quantitative estimate of drug-likeness (QED) is 0.472. The van der Waals surface area contributed by atoms with Crippen LogP contribution in [0.3, 0.4) is 0 Å². The molecular formula is C13H22O3. The number of Topliss-reactive ketones (excluding diaryl/α,β-unsaturated/α-hetero) is 1. The molecule has 0 rings (SSSR count). The molecule has 0 fully saturated rings. The molecule has 0 aromatic rings. The zero-order valence-electron chi connectivity index (χ0n) is 10.5. The van der Waals surface area contributed by atoms with Gasteiger partial charge in [-0.25, -0.2) is 0 Å². The Kier molecular flexibility index (Phi) is 8.49. The Bertz CT molecular complexity index is 244. The number of ketones is 1. The molecule has 0 aliphatic carbocycles. The predicted octanol–water partition coefficient (Wildman–Crippen LogP) is 3.03. The third kappa shape index (κ3) is 9.44. The van der Waals surface area contributed by atoms with Gasteiger partial charge in [0.1, 0.15) is 5.78 Å². The average Bonchev–Trinajstić information content (AvgIpc) is 2.17. The minimum Gasteiger partial charge on any atom is -0.463 e. The van der Waals surface area contributed by atoms with Crippen molar-refractivity contribution in [2.24, 2.45) is 0 Å². The maximum atomic E-state index is 11.4. The first kappa shape index (κ1) is 14.9. The van der Waals surface area contributed by atoms with Crippen molar-refractivity contribution in [3.8, 4) is 0 Å². The van der Waals surface area contributed by atoms with Gasteiger partial charge in [-0.05, 0) is 26.2 Å². The highest BCUT2D eigenvalue weighted by molar-refractivity contribution is 5.79. The summed E-state index contributed by atoms with van der Waals surface area (Å²) in [6, 6.07) is 0. The van der Waals surface area contributed by atoms with Crippen LogP contribution in [0.5, 0.6) is 0 Å². The summed E-state index contributed by atoms with van der Waals surface area (Å²) in [6.07, 6.45) is 7.43. The van der Waals surface area contributed by atoms with Crippen molar-refractivity contribution in [3.63, 3.8) is 0 Å². The number of allylic oxidation sites excluding steroid dienone is 2. The number of carbonyl (C=O) groups excluding carboxylic acids is 2. The summed E-state index contributed by atoms with van der Waals surface area (Å²) in [5, 5.41) is 0. The molecule has 16 heavy (non-hydrogen) atoms.